The fourth-order valence-electron chi connectivity index (χ4n) is 3.15. The summed E-state index contributed by atoms with van der Waals surface area (Å²) in [5.74, 6) is -2.56. The van der Waals surface area contributed by atoms with Crippen LogP contribution in [-0.4, -0.2) is 53.4 Å². The van der Waals surface area contributed by atoms with Gasteiger partial charge in [0.15, 0.2) is 15.0 Å². The number of halogens is 3. The summed E-state index contributed by atoms with van der Waals surface area (Å²) in [6, 6.07) is 3.89. The van der Waals surface area contributed by atoms with Crippen LogP contribution < -0.4 is 4.90 Å². The fourth-order valence-corrected chi connectivity index (χ4v) is 7.07. The van der Waals surface area contributed by atoms with Crippen molar-refractivity contribution in [3.05, 3.63) is 29.8 Å². The summed E-state index contributed by atoms with van der Waals surface area (Å²) in [7, 11) is -3.43. The molecule has 28 heavy (non-hydrogen) atoms. The van der Waals surface area contributed by atoms with Crippen LogP contribution in [-0.2, 0) is 25.6 Å². The first-order valence-electron chi connectivity index (χ1n) is 8.14. The summed E-state index contributed by atoms with van der Waals surface area (Å²) in [4.78, 5) is 27.5. The van der Waals surface area contributed by atoms with Crippen LogP contribution in [0.3, 0.4) is 0 Å². The second-order valence-corrected chi connectivity index (χ2v) is 9.73. The summed E-state index contributed by atoms with van der Waals surface area (Å²) in [6.45, 7) is 0. The van der Waals surface area contributed by atoms with E-state index in [1.54, 1.807) is 0 Å². The SMILES string of the molecule is O=C(O)CCC(=O)N=C1S[C@H]2CS(=O)(=O)C[C@H]2N1c1ccccc1C(F)(F)F. The predicted molar refractivity (Wildman–Crippen MR) is 97.1 cm³/mol. The average Bonchev–Trinajstić information content (AvgIpc) is 3.03. The first-order chi connectivity index (χ1) is 13.0. The number of anilines is 1. The number of amidine groups is 1. The van der Waals surface area contributed by atoms with Crippen LogP contribution >= 0.6 is 11.8 Å². The number of carbonyl (C=O) groups is 2. The van der Waals surface area contributed by atoms with E-state index in [0.717, 1.165) is 22.7 Å². The van der Waals surface area contributed by atoms with Crippen LogP contribution in [0.15, 0.2) is 29.3 Å². The van der Waals surface area contributed by atoms with Gasteiger partial charge in [0.25, 0.3) is 0 Å². The fraction of sp³-hybridized carbons (Fsp3) is 0.438. The highest BCUT2D eigenvalue weighted by atomic mass is 32.2. The van der Waals surface area contributed by atoms with E-state index in [1.807, 2.05) is 0 Å². The second kappa shape index (κ2) is 7.39. The summed E-state index contributed by atoms with van der Waals surface area (Å²) in [6.07, 6.45) is -5.54. The Labute approximate surface area is 162 Å². The largest absolute Gasteiger partial charge is 0.481 e. The molecule has 2 aliphatic heterocycles. The van der Waals surface area contributed by atoms with Crippen molar-refractivity contribution in [1.29, 1.82) is 0 Å². The van der Waals surface area contributed by atoms with E-state index in [0.29, 0.717) is 0 Å². The standard InChI is InChI=1S/C16H15F3N2O5S2/c17-16(18,19)9-3-1-2-4-10(9)21-11-7-28(25,26)8-12(11)27-15(21)20-13(22)5-6-14(23)24/h1-4,11-12H,5-8H2,(H,23,24)/t11-,12+/m1/s1. The number of benzene rings is 1. The average molecular weight is 436 g/mol. The highest BCUT2D eigenvalue weighted by Gasteiger charge is 2.51. The van der Waals surface area contributed by atoms with E-state index in [9.17, 15) is 31.2 Å². The summed E-state index contributed by atoms with van der Waals surface area (Å²) >= 11 is 0.930. The van der Waals surface area contributed by atoms with Gasteiger partial charge < -0.3 is 10.0 Å². The first kappa shape index (κ1) is 20.6. The van der Waals surface area contributed by atoms with E-state index in [-0.39, 0.29) is 22.4 Å². The number of hydrogen-bond donors (Lipinski definition) is 1. The number of fused-ring (bicyclic) bond motifs is 1. The lowest BCUT2D eigenvalue weighted by atomic mass is 10.1. The number of alkyl halides is 3. The van der Waals surface area contributed by atoms with Gasteiger partial charge in [-0.25, -0.2) is 8.42 Å². The molecule has 1 N–H and O–H groups in total. The molecule has 0 aromatic heterocycles. The molecule has 2 aliphatic rings. The molecule has 2 fully saturated rings. The van der Waals surface area contributed by atoms with Crippen LogP contribution in [0.1, 0.15) is 18.4 Å². The van der Waals surface area contributed by atoms with Gasteiger partial charge in [-0.15, -0.1) is 0 Å². The molecule has 2 atom stereocenters. The number of amides is 1. The van der Waals surface area contributed by atoms with Crippen molar-refractivity contribution >= 4 is 44.3 Å². The molecule has 12 heteroatoms. The van der Waals surface area contributed by atoms with Gasteiger partial charge in [0.2, 0.25) is 5.91 Å². The summed E-state index contributed by atoms with van der Waals surface area (Å²) < 4.78 is 64.4. The Morgan fingerprint density at radius 1 is 1.21 bits per heavy atom. The lowest BCUT2D eigenvalue weighted by Crippen LogP contribution is -2.39. The van der Waals surface area contributed by atoms with Crippen molar-refractivity contribution < 1.29 is 36.3 Å². The van der Waals surface area contributed by atoms with Gasteiger partial charge in [-0.05, 0) is 12.1 Å². The lowest BCUT2D eigenvalue weighted by Gasteiger charge is -2.27. The number of rotatable bonds is 4. The summed E-state index contributed by atoms with van der Waals surface area (Å²) in [5.41, 5.74) is -1.25. The van der Waals surface area contributed by atoms with Gasteiger partial charge in [-0.1, -0.05) is 23.9 Å². The van der Waals surface area contributed by atoms with Crippen molar-refractivity contribution in [2.45, 2.75) is 30.3 Å². The molecule has 2 saturated heterocycles. The maximum Gasteiger partial charge on any atom is 0.418 e. The monoisotopic (exact) mass is 436 g/mol. The third-order valence-corrected chi connectivity index (χ3v) is 7.52. The number of carbonyl (C=O) groups excluding carboxylic acids is 1. The maximum atomic E-state index is 13.5. The zero-order valence-electron chi connectivity index (χ0n) is 14.2. The van der Waals surface area contributed by atoms with Gasteiger partial charge in [-0.2, -0.15) is 18.2 Å². The smallest absolute Gasteiger partial charge is 0.418 e. The minimum absolute atomic E-state index is 0.0445. The van der Waals surface area contributed by atoms with Crippen LogP contribution in [0.25, 0.3) is 0 Å². The molecule has 0 aliphatic carbocycles. The molecule has 152 valence electrons. The van der Waals surface area contributed by atoms with E-state index in [2.05, 4.69) is 4.99 Å². The van der Waals surface area contributed by atoms with E-state index < -0.39 is 57.6 Å². The quantitative estimate of drug-likeness (QED) is 0.771. The van der Waals surface area contributed by atoms with Crippen LogP contribution in [0.2, 0.25) is 0 Å². The molecule has 7 nitrogen and oxygen atoms in total. The molecule has 0 unspecified atom stereocenters. The van der Waals surface area contributed by atoms with Gasteiger partial charge in [0.05, 0.1) is 35.2 Å². The van der Waals surface area contributed by atoms with Crippen molar-refractivity contribution in [3.8, 4) is 0 Å². The van der Waals surface area contributed by atoms with E-state index in [1.165, 1.54) is 18.2 Å². The van der Waals surface area contributed by atoms with Crippen LogP contribution in [0.5, 0.6) is 0 Å². The zero-order valence-corrected chi connectivity index (χ0v) is 15.9. The highest BCUT2D eigenvalue weighted by molar-refractivity contribution is 8.16. The lowest BCUT2D eigenvalue weighted by molar-refractivity contribution is -0.138. The Balaban J connectivity index is 2.03. The molecule has 1 aromatic carbocycles. The molecule has 0 bridgehead atoms. The number of para-hydroxylation sites is 1. The normalized spacial score (nSPS) is 25.1. The van der Waals surface area contributed by atoms with Gasteiger partial charge in [0, 0.05) is 11.7 Å². The van der Waals surface area contributed by atoms with Gasteiger partial charge in [-0.3, -0.25) is 9.59 Å². The van der Waals surface area contributed by atoms with E-state index in [4.69, 9.17) is 5.11 Å². The van der Waals surface area contributed by atoms with Gasteiger partial charge in [0.1, 0.15) is 0 Å². The summed E-state index contributed by atoms with van der Waals surface area (Å²) in [5, 5.41) is 8.06. The van der Waals surface area contributed by atoms with E-state index >= 15 is 0 Å². The third-order valence-electron chi connectivity index (χ3n) is 4.31. The minimum Gasteiger partial charge on any atom is -0.481 e. The zero-order chi connectivity index (χ0) is 20.7. The van der Waals surface area contributed by atoms with Gasteiger partial charge >= 0.3 is 12.1 Å². The van der Waals surface area contributed by atoms with Crippen LogP contribution in [0.4, 0.5) is 18.9 Å². The number of sulfone groups is 1. The Morgan fingerprint density at radius 2 is 1.89 bits per heavy atom. The molecule has 1 amide bonds. The number of aliphatic imine (C=N–C) groups is 1. The number of nitrogens with zero attached hydrogens (tertiary/aromatic N) is 2. The molecule has 2 heterocycles. The Hall–Kier alpha value is -2.08. The molecule has 0 spiro atoms. The molecule has 0 radical (unpaired) electrons. The highest BCUT2D eigenvalue weighted by Crippen LogP contribution is 2.45. The Morgan fingerprint density at radius 3 is 2.54 bits per heavy atom. The number of carboxylic acids is 1. The first-order valence-corrected chi connectivity index (χ1v) is 10.8. The molecular weight excluding hydrogens is 421 g/mol. The predicted octanol–water partition coefficient (Wildman–Crippen LogP) is 2.17. The second-order valence-electron chi connectivity index (χ2n) is 6.37. The topological polar surface area (TPSA) is 104 Å². The third kappa shape index (κ3) is 4.32. The minimum atomic E-state index is -4.69. The Bertz CT molecular complexity index is 946. The van der Waals surface area contributed by atoms with Crippen molar-refractivity contribution in [1.82, 2.24) is 0 Å². The van der Waals surface area contributed by atoms with Crippen molar-refractivity contribution in [3.63, 3.8) is 0 Å². The van der Waals surface area contributed by atoms with Crippen LogP contribution in [0, 0.1) is 0 Å². The number of carboxylic acid groups (broad SMARTS) is 1. The number of aliphatic carboxylic acids is 1. The Kier molecular flexibility index (Phi) is 5.45. The molecular formula is C16H15F3N2O5S2. The number of hydrogen-bond acceptors (Lipinski definition) is 5. The van der Waals surface area contributed by atoms with Crippen molar-refractivity contribution in [2.75, 3.05) is 16.4 Å². The number of thioether (sulfide) groups is 1. The molecule has 3 rings (SSSR count). The van der Waals surface area contributed by atoms with Crippen molar-refractivity contribution in [2.24, 2.45) is 4.99 Å². The maximum absolute atomic E-state index is 13.5. The molecule has 0 saturated carbocycles. The molecule has 1 aromatic rings.